The average Bonchev–Trinajstić information content (AvgIpc) is 2.46. The number of hydrogen-bond donors (Lipinski definition) is 3. The summed E-state index contributed by atoms with van der Waals surface area (Å²) in [6.07, 6.45) is 0. The Kier molecular flexibility index (Phi) is 4.45. The Morgan fingerprint density at radius 2 is 1.67 bits per heavy atom. The molecule has 21 heavy (non-hydrogen) atoms. The second-order valence-electron chi connectivity index (χ2n) is 4.48. The Bertz CT molecular complexity index is 701. The molecule has 0 aromatic heterocycles. The van der Waals surface area contributed by atoms with Gasteiger partial charge in [0.05, 0.1) is 10.7 Å². The smallest absolute Gasteiger partial charge is 0.248 e. The topological polar surface area (TPSA) is 98.2 Å². The third kappa shape index (κ3) is 3.73. The number of rotatable bonds is 5. The van der Waals surface area contributed by atoms with E-state index in [1.165, 1.54) is 0 Å². The summed E-state index contributed by atoms with van der Waals surface area (Å²) in [5.41, 5.74) is 12.7. The predicted molar refractivity (Wildman–Crippen MR) is 82.3 cm³/mol. The van der Waals surface area contributed by atoms with Crippen LogP contribution in [0.25, 0.3) is 0 Å². The molecule has 0 aliphatic rings. The summed E-state index contributed by atoms with van der Waals surface area (Å²) in [6, 6.07) is 11.7. The first-order valence-electron chi connectivity index (χ1n) is 6.19. The van der Waals surface area contributed by atoms with Gasteiger partial charge >= 0.3 is 0 Å². The molecule has 0 aliphatic carbocycles. The van der Waals surface area contributed by atoms with Crippen LogP contribution in [0, 0.1) is 0 Å². The van der Waals surface area contributed by atoms with Gasteiger partial charge < -0.3 is 16.8 Å². The number of halogens is 1. The second kappa shape index (κ2) is 6.28. The number of benzene rings is 2. The van der Waals surface area contributed by atoms with E-state index in [-0.39, 0.29) is 0 Å². The van der Waals surface area contributed by atoms with Crippen LogP contribution < -0.4 is 16.8 Å². The lowest BCUT2D eigenvalue weighted by Gasteiger charge is -2.10. The number of primary amides is 2. The minimum Gasteiger partial charge on any atom is -0.380 e. The van der Waals surface area contributed by atoms with E-state index in [1.54, 1.807) is 36.4 Å². The van der Waals surface area contributed by atoms with Gasteiger partial charge in [-0.3, -0.25) is 9.59 Å². The summed E-state index contributed by atoms with van der Waals surface area (Å²) >= 11 is 6.06. The number of nitrogens with two attached hydrogens (primary N) is 2. The zero-order valence-corrected chi connectivity index (χ0v) is 11.9. The average molecular weight is 304 g/mol. The summed E-state index contributed by atoms with van der Waals surface area (Å²) in [5.74, 6) is -1.00. The number of carbonyl (C=O) groups excluding carboxylic acids is 2. The van der Waals surface area contributed by atoms with Crippen LogP contribution in [0.3, 0.4) is 0 Å². The lowest BCUT2D eigenvalue weighted by molar-refractivity contribution is 0.0992. The molecule has 0 saturated carbocycles. The second-order valence-corrected chi connectivity index (χ2v) is 4.88. The van der Waals surface area contributed by atoms with Crippen LogP contribution in [-0.4, -0.2) is 11.8 Å². The normalized spacial score (nSPS) is 10.1. The monoisotopic (exact) mass is 303 g/mol. The predicted octanol–water partition coefficient (Wildman–Crippen LogP) is 2.15. The highest BCUT2D eigenvalue weighted by molar-refractivity contribution is 6.33. The molecule has 0 spiro atoms. The van der Waals surface area contributed by atoms with Crippen molar-refractivity contribution in [1.29, 1.82) is 0 Å². The van der Waals surface area contributed by atoms with Gasteiger partial charge in [0.1, 0.15) is 0 Å². The van der Waals surface area contributed by atoms with Gasteiger partial charge in [0.2, 0.25) is 11.8 Å². The largest absolute Gasteiger partial charge is 0.380 e. The molecule has 0 unspecified atom stereocenters. The molecule has 5 N–H and O–H groups in total. The lowest BCUT2D eigenvalue weighted by Crippen LogP contribution is -2.12. The summed E-state index contributed by atoms with van der Waals surface area (Å²) < 4.78 is 0. The van der Waals surface area contributed by atoms with Crippen LogP contribution in [0.5, 0.6) is 0 Å². The van der Waals surface area contributed by atoms with Crippen LogP contribution in [0.1, 0.15) is 26.3 Å². The molecule has 2 aromatic rings. The van der Waals surface area contributed by atoms with E-state index >= 15 is 0 Å². The lowest BCUT2D eigenvalue weighted by atomic mass is 10.1. The first-order valence-corrected chi connectivity index (χ1v) is 6.57. The molecule has 0 bridgehead atoms. The molecule has 0 heterocycles. The fourth-order valence-corrected chi connectivity index (χ4v) is 2.03. The molecule has 0 radical (unpaired) electrons. The molecular weight excluding hydrogens is 290 g/mol. The van der Waals surface area contributed by atoms with Crippen molar-refractivity contribution in [2.75, 3.05) is 5.32 Å². The molecule has 0 fully saturated rings. The van der Waals surface area contributed by atoms with Crippen LogP contribution >= 0.6 is 11.6 Å². The van der Waals surface area contributed by atoms with Gasteiger partial charge in [0.25, 0.3) is 0 Å². The summed E-state index contributed by atoms with van der Waals surface area (Å²) in [4.78, 5) is 22.3. The molecule has 2 aromatic carbocycles. The van der Waals surface area contributed by atoms with Crippen LogP contribution in [0.2, 0.25) is 5.02 Å². The van der Waals surface area contributed by atoms with Crippen molar-refractivity contribution < 1.29 is 9.59 Å². The number of anilines is 1. The Morgan fingerprint density at radius 1 is 1.00 bits per heavy atom. The highest BCUT2D eigenvalue weighted by Gasteiger charge is 2.06. The molecule has 0 atom stereocenters. The van der Waals surface area contributed by atoms with Crippen LogP contribution in [0.4, 0.5) is 5.69 Å². The van der Waals surface area contributed by atoms with Crippen molar-refractivity contribution in [2.24, 2.45) is 11.5 Å². The maximum Gasteiger partial charge on any atom is 0.248 e. The molecule has 6 heteroatoms. The molecule has 0 saturated heterocycles. The maximum atomic E-state index is 11.2. The fourth-order valence-electron chi connectivity index (χ4n) is 1.85. The Balaban J connectivity index is 2.16. The molecule has 2 rings (SSSR count). The van der Waals surface area contributed by atoms with Crippen LogP contribution in [-0.2, 0) is 6.54 Å². The third-order valence-corrected chi connectivity index (χ3v) is 3.27. The Morgan fingerprint density at radius 3 is 2.33 bits per heavy atom. The molecule has 108 valence electrons. The zero-order chi connectivity index (χ0) is 15.4. The highest BCUT2D eigenvalue weighted by Crippen LogP contribution is 2.23. The van der Waals surface area contributed by atoms with E-state index in [0.717, 1.165) is 5.56 Å². The maximum absolute atomic E-state index is 11.2. The Hall–Kier alpha value is -2.53. The first-order chi connectivity index (χ1) is 9.97. The van der Waals surface area contributed by atoms with Gasteiger partial charge in [0.15, 0.2) is 0 Å². The third-order valence-electron chi connectivity index (χ3n) is 2.95. The minimum absolute atomic E-state index is 0.368. The summed E-state index contributed by atoms with van der Waals surface area (Å²) in [6.45, 7) is 0.434. The van der Waals surface area contributed by atoms with Crippen molar-refractivity contribution in [3.63, 3.8) is 0 Å². The van der Waals surface area contributed by atoms with E-state index in [4.69, 9.17) is 23.1 Å². The number of carbonyl (C=O) groups is 2. The minimum atomic E-state index is -0.523. The van der Waals surface area contributed by atoms with Gasteiger partial charge in [-0.25, -0.2) is 0 Å². The SMILES string of the molecule is NC(=O)c1cccc(CNc2cc(C(N)=O)ccc2Cl)c1. The highest BCUT2D eigenvalue weighted by atomic mass is 35.5. The standard InChI is InChI=1S/C15H14ClN3O2/c16-12-5-4-11(15(18)21)7-13(12)19-8-9-2-1-3-10(6-9)14(17)20/h1-7,19H,8H2,(H2,17,20)(H2,18,21). The molecule has 5 nitrogen and oxygen atoms in total. The van der Waals surface area contributed by atoms with Crippen molar-refractivity contribution in [3.8, 4) is 0 Å². The van der Waals surface area contributed by atoms with Crippen molar-refractivity contribution >= 4 is 29.1 Å². The van der Waals surface area contributed by atoms with Gasteiger partial charge in [-0.1, -0.05) is 23.7 Å². The van der Waals surface area contributed by atoms with E-state index in [0.29, 0.717) is 28.4 Å². The van der Waals surface area contributed by atoms with Gasteiger partial charge in [-0.2, -0.15) is 0 Å². The molecular formula is C15H14ClN3O2. The van der Waals surface area contributed by atoms with Gasteiger partial charge in [-0.15, -0.1) is 0 Å². The summed E-state index contributed by atoms with van der Waals surface area (Å²) in [5, 5.41) is 3.58. The van der Waals surface area contributed by atoms with E-state index in [9.17, 15) is 9.59 Å². The zero-order valence-electron chi connectivity index (χ0n) is 11.1. The quantitative estimate of drug-likeness (QED) is 0.789. The van der Waals surface area contributed by atoms with Gasteiger partial charge in [0, 0.05) is 17.7 Å². The van der Waals surface area contributed by atoms with E-state index in [1.807, 2.05) is 6.07 Å². The van der Waals surface area contributed by atoms with E-state index in [2.05, 4.69) is 5.32 Å². The van der Waals surface area contributed by atoms with Crippen molar-refractivity contribution in [1.82, 2.24) is 0 Å². The number of amides is 2. The van der Waals surface area contributed by atoms with Crippen molar-refractivity contribution in [3.05, 3.63) is 64.2 Å². The number of nitrogens with one attached hydrogen (secondary N) is 1. The summed E-state index contributed by atoms with van der Waals surface area (Å²) in [7, 11) is 0. The van der Waals surface area contributed by atoms with Crippen molar-refractivity contribution in [2.45, 2.75) is 6.54 Å². The van der Waals surface area contributed by atoms with Crippen LogP contribution in [0.15, 0.2) is 42.5 Å². The molecule has 2 amide bonds. The fraction of sp³-hybridized carbons (Fsp3) is 0.0667. The number of hydrogen-bond acceptors (Lipinski definition) is 3. The van der Waals surface area contributed by atoms with E-state index < -0.39 is 11.8 Å². The Labute approximate surface area is 126 Å². The van der Waals surface area contributed by atoms with Gasteiger partial charge in [-0.05, 0) is 35.9 Å². The molecule has 0 aliphatic heterocycles. The first kappa shape index (κ1) is 14.9.